The lowest BCUT2D eigenvalue weighted by Crippen LogP contribution is -2.24. The molecule has 1 N–H and O–H groups in total. The molecule has 0 amide bonds. The number of fused-ring (bicyclic) bond motifs is 1. The molecule has 19 heavy (non-hydrogen) atoms. The predicted octanol–water partition coefficient (Wildman–Crippen LogP) is 1.41. The summed E-state index contributed by atoms with van der Waals surface area (Å²) >= 11 is 0. The molecule has 0 spiro atoms. The van der Waals surface area contributed by atoms with Gasteiger partial charge in [-0.15, -0.1) is 0 Å². The van der Waals surface area contributed by atoms with Gasteiger partial charge in [0.05, 0.1) is 0 Å². The molecule has 2 heterocycles. The zero-order valence-electron chi connectivity index (χ0n) is 11.3. The normalized spacial score (nSPS) is 12.2. The van der Waals surface area contributed by atoms with Crippen LogP contribution in [-0.4, -0.2) is 42.7 Å². The average molecular weight is 282 g/mol. The molecule has 104 valence electrons. The quantitative estimate of drug-likeness (QED) is 0.900. The van der Waals surface area contributed by atoms with Gasteiger partial charge in [0.2, 0.25) is 0 Å². The molecule has 2 aromatic rings. The Morgan fingerprint density at radius 3 is 2.74 bits per heavy atom. The summed E-state index contributed by atoms with van der Waals surface area (Å²) < 4.78 is 27.6. The lowest BCUT2D eigenvalue weighted by Gasteiger charge is -2.12. The molecule has 0 bridgehead atoms. The Bertz CT molecular complexity index is 676. The van der Waals surface area contributed by atoms with E-state index in [4.69, 9.17) is 0 Å². The summed E-state index contributed by atoms with van der Waals surface area (Å²) in [6, 6.07) is 5.40. The Labute approximate surface area is 113 Å². The summed E-state index contributed by atoms with van der Waals surface area (Å²) in [5.74, 6) is 0.404. The van der Waals surface area contributed by atoms with Crippen LogP contribution in [0.2, 0.25) is 0 Å². The summed E-state index contributed by atoms with van der Waals surface area (Å²) in [6.45, 7) is 2.70. The van der Waals surface area contributed by atoms with Crippen molar-refractivity contribution in [1.29, 1.82) is 0 Å². The fourth-order valence-corrected chi connectivity index (χ4v) is 2.86. The number of rotatable bonds is 5. The first kappa shape index (κ1) is 13.8. The van der Waals surface area contributed by atoms with Gasteiger partial charge in [0, 0.05) is 26.8 Å². The largest absolute Gasteiger partial charge is 0.368 e. The van der Waals surface area contributed by atoms with Crippen molar-refractivity contribution in [1.82, 2.24) is 13.7 Å². The van der Waals surface area contributed by atoms with Crippen molar-refractivity contribution in [3.05, 3.63) is 24.4 Å². The van der Waals surface area contributed by atoms with E-state index in [0.29, 0.717) is 18.0 Å². The molecule has 0 fully saturated rings. The molecule has 0 radical (unpaired) electrons. The van der Waals surface area contributed by atoms with Crippen LogP contribution in [0.1, 0.15) is 13.3 Å². The van der Waals surface area contributed by atoms with E-state index in [0.717, 1.165) is 6.42 Å². The van der Waals surface area contributed by atoms with Crippen LogP contribution in [0.15, 0.2) is 29.4 Å². The Morgan fingerprint density at radius 2 is 2.11 bits per heavy atom. The fourth-order valence-electron chi connectivity index (χ4n) is 1.75. The maximum Gasteiger partial charge on any atom is 0.262 e. The van der Waals surface area contributed by atoms with Gasteiger partial charge in [-0.1, -0.05) is 13.0 Å². The maximum atomic E-state index is 12.4. The zero-order chi connectivity index (χ0) is 14.0. The highest BCUT2D eigenvalue weighted by Crippen LogP contribution is 2.24. The second kappa shape index (κ2) is 5.18. The Hall–Kier alpha value is -1.60. The highest BCUT2D eigenvalue weighted by atomic mass is 32.2. The number of pyridine rings is 1. The Morgan fingerprint density at radius 1 is 1.37 bits per heavy atom. The lowest BCUT2D eigenvalue weighted by atomic mass is 10.5. The van der Waals surface area contributed by atoms with Crippen molar-refractivity contribution >= 4 is 21.5 Å². The first-order valence-electron chi connectivity index (χ1n) is 6.12. The minimum absolute atomic E-state index is 0.182. The van der Waals surface area contributed by atoms with Gasteiger partial charge in [-0.05, 0) is 18.6 Å². The zero-order valence-corrected chi connectivity index (χ0v) is 12.1. The maximum absolute atomic E-state index is 12.4. The highest BCUT2D eigenvalue weighted by molar-refractivity contribution is 7.89. The van der Waals surface area contributed by atoms with Gasteiger partial charge in [0.1, 0.15) is 5.65 Å². The summed E-state index contributed by atoms with van der Waals surface area (Å²) in [5.41, 5.74) is 0.613. The van der Waals surface area contributed by atoms with E-state index in [9.17, 15) is 8.42 Å². The summed E-state index contributed by atoms with van der Waals surface area (Å²) in [4.78, 5) is 4.34. The van der Waals surface area contributed by atoms with Gasteiger partial charge in [-0.3, -0.25) is 4.40 Å². The van der Waals surface area contributed by atoms with Crippen LogP contribution in [0.3, 0.4) is 0 Å². The van der Waals surface area contributed by atoms with E-state index < -0.39 is 10.0 Å². The van der Waals surface area contributed by atoms with Gasteiger partial charge < -0.3 is 5.32 Å². The van der Waals surface area contributed by atoms with Crippen LogP contribution in [0.25, 0.3) is 5.65 Å². The third-order valence-corrected chi connectivity index (χ3v) is 4.59. The van der Waals surface area contributed by atoms with Crippen molar-refractivity contribution in [3.63, 3.8) is 0 Å². The van der Waals surface area contributed by atoms with Crippen LogP contribution >= 0.6 is 0 Å². The number of hydrogen-bond donors (Lipinski definition) is 1. The predicted molar refractivity (Wildman–Crippen MR) is 74.8 cm³/mol. The first-order valence-corrected chi connectivity index (χ1v) is 7.56. The van der Waals surface area contributed by atoms with E-state index in [-0.39, 0.29) is 5.03 Å². The monoisotopic (exact) mass is 282 g/mol. The van der Waals surface area contributed by atoms with E-state index >= 15 is 0 Å². The number of imidazole rings is 1. The van der Waals surface area contributed by atoms with Crippen molar-refractivity contribution in [3.8, 4) is 0 Å². The van der Waals surface area contributed by atoms with Crippen molar-refractivity contribution in [2.75, 3.05) is 26.0 Å². The van der Waals surface area contributed by atoms with Crippen molar-refractivity contribution in [2.24, 2.45) is 0 Å². The van der Waals surface area contributed by atoms with Gasteiger partial charge in [-0.25, -0.2) is 17.7 Å². The van der Waals surface area contributed by atoms with E-state index in [2.05, 4.69) is 10.3 Å². The summed E-state index contributed by atoms with van der Waals surface area (Å²) in [6.07, 6.45) is 2.60. The molecule has 0 aliphatic rings. The Kier molecular flexibility index (Phi) is 3.77. The van der Waals surface area contributed by atoms with Gasteiger partial charge in [-0.2, -0.15) is 0 Å². The molecule has 0 aliphatic carbocycles. The number of anilines is 1. The molecule has 0 unspecified atom stereocenters. The second-order valence-corrected chi connectivity index (χ2v) is 6.48. The molecule has 0 saturated carbocycles. The molecule has 7 heteroatoms. The second-order valence-electron chi connectivity index (χ2n) is 4.41. The van der Waals surface area contributed by atoms with Crippen LogP contribution in [0.5, 0.6) is 0 Å². The number of nitrogens with one attached hydrogen (secondary N) is 1. The molecular formula is C12H18N4O2S. The van der Waals surface area contributed by atoms with E-state index in [1.165, 1.54) is 18.4 Å². The molecule has 2 aromatic heterocycles. The van der Waals surface area contributed by atoms with E-state index in [1.807, 2.05) is 13.0 Å². The molecule has 2 rings (SSSR count). The molecule has 0 aliphatic heterocycles. The number of hydrogen-bond acceptors (Lipinski definition) is 4. The van der Waals surface area contributed by atoms with E-state index in [1.54, 1.807) is 22.7 Å². The smallest absolute Gasteiger partial charge is 0.262 e. The average Bonchev–Trinajstić information content (AvgIpc) is 2.74. The van der Waals surface area contributed by atoms with Crippen LogP contribution in [0.4, 0.5) is 5.82 Å². The Balaban J connectivity index is 2.68. The topological polar surface area (TPSA) is 66.7 Å². The van der Waals surface area contributed by atoms with Gasteiger partial charge in [0.25, 0.3) is 10.0 Å². The first-order chi connectivity index (χ1) is 8.98. The minimum atomic E-state index is -3.55. The van der Waals surface area contributed by atoms with Crippen LogP contribution in [0, 0.1) is 0 Å². The molecular weight excluding hydrogens is 264 g/mol. The SMILES string of the molecule is CCCNc1nc2ccccn2c1S(=O)(=O)N(C)C. The third kappa shape index (κ3) is 2.43. The third-order valence-electron chi connectivity index (χ3n) is 2.75. The standard InChI is InChI=1S/C12H18N4O2S/c1-4-8-13-11-12(19(17,18)15(2)3)16-9-6-5-7-10(16)14-11/h5-7,9,13H,4,8H2,1-3H3. The molecule has 0 aromatic carbocycles. The number of aromatic nitrogens is 2. The lowest BCUT2D eigenvalue weighted by molar-refractivity contribution is 0.516. The number of sulfonamides is 1. The van der Waals surface area contributed by atoms with Crippen LogP contribution < -0.4 is 5.32 Å². The highest BCUT2D eigenvalue weighted by Gasteiger charge is 2.27. The van der Waals surface area contributed by atoms with Crippen LogP contribution in [-0.2, 0) is 10.0 Å². The number of nitrogens with zero attached hydrogens (tertiary/aromatic N) is 3. The van der Waals surface area contributed by atoms with Crippen molar-refractivity contribution < 1.29 is 8.42 Å². The van der Waals surface area contributed by atoms with Crippen molar-refractivity contribution in [2.45, 2.75) is 18.4 Å². The van der Waals surface area contributed by atoms with Gasteiger partial charge >= 0.3 is 0 Å². The summed E-state index contributed by atoms with van der Waals surface area (Å²) in [5, 5.41) is 3.26. The summed E-state index contributed by atoms with van der Waals surface area (Å²) in [7, 11) is -0.520. The molecule has 0 atom stereocenters. The molecule has 0 saturated heterocycles. The van der Waals surface area contributed by atoms with Gasteiger partial charge in [0.15, 0.2) is 10.8 Å². The molecule has 6 nitrogen and oxygen atoms in total. The fraction of sp³-hybridized carbons (Fsp3) is 0.417. The minimum Gasteiger partial charge on any atom is -0.368 e.